The van der Waals surface area contributed by atoms with E-state index in [-0.39, 0.29) is 0 Å². The molecule has 0 aromatic heterocycles. The summed E-state index contributed by atoms with van der Waals surface area (Å²) < 4.78 is 5.77. The van der Waals surface area contributed by atoms with E-state index in [0.717, 1.165) is 18.8 Å². The molecule has 2 heteroatoms. The van der Waals surface area contributed by atoms with Crippen LogP contribution in [-0.2, 0) is 0 Å². The van der Waals surface area contributed by atoms with Gasteiger partial charge in [-0.2, -0.15) is 0 Å². The Labute approximate surface area is 118 Å². The van der Waals surface area contributed by atoms with Crippen molar-refractivity contribution in [3.05, 3.63) is 29.8 Å². The van der Waals surface area contributed by atoms with Crippen molar-refractivity contribution in [3.8, 4) is 5.75 Å². The fourth-order valence-corrected chi connectivity index (χ4v) is 2.02. The zero-order valence-electron chi connectivity index (χ0n) is 12.9. The molecule has 0 aliphatic rings. The predicted molar refractivity (Wildman–Crippen MR) is 83.0 cm³/mol. The van der Waals surface area contributed by atoms with Gasteiger partial charge in [-0.15, -0.1) is 0 Å². The summed E-state index contributed by atoms with van der Waals surface area (Å²) in [4.78, 5) is 0. The van der Waals surface area contributed by atoms with Crippen molar-refractivity contribution in [2.24, 2.45) is 0 Å². The first-order valence-electron chi connectivity index (χ1n) is 7.57. The third-order valence-corrected chi connectivity index (χ3v) is 3.85. The summed E-state index contributed by atoms with van der Waals surface area (Å²) in [6.07, 6.45) is 4.74. The first-order valence-corrected chi connectivity index (χ1v) is 7.57. The van der Waals surface area contributed by atoms with E-state index in [4.69, 9.17) is 4.74 Å². The van der Waals surface area contributed by atoms with E-state index in [9.17, 15) is 0 Å². The molecule has 0 radical (unpaired) electrons. The van der Waals surface area contributed by atoms with Gasteiger partial charge in [-0.3, -0.25) is 0 Å². The van der Waals surface area contributed by atoms with Crippen LogP contribution in [0.3, 0.4) is 0 Å². The molecule has 0 aliphatic heterocycles. The van der Waals surface area contributed by atoms with Crippen LogP contribution in [0.1, 0.15) is 57.9 Å². The lowest BCUT2D eigenvalue weighted by atomic mass is 9.99. The fraction of sp³-hybridized carbons (Fsp3) is 0.647. The van der Waals surface area contributed by atoms with Gasteiger partial charge in [-0.1, -0.05) is 26.0 Å². The molecule has 1 N–H and O–H groups in total. The molecule has 0 heterocycles. The lowest BCUT2D eigenvalue weighted by Crippen LogP contribution is -2.20. The second-order valence-corrected chi connectivity index (χ2v) is 5.41. The molecule has 1 aromatic carbocycles. The van der Waals surface area contributed by atoms with E-state index in [0.29, 0.717) is 12.0 Å². The monoisotopic (exact) mass is 263 g/mol. The second kappa shape index (κ2) is 8.98. The minimum absolute atomic E-state index is 0.606. The number of ether oxygens (including phenoxy) is 1. The lowest BCUT2D eigenvalue weighted by Gasteiger charge is -2.12. The van der Waals surface area contributed by atoms with Gasteiger partial charge in [0.1, 0.15) is 5.75 Å². The van der Waals surface area contributed by atoms with E-state index in [1.807, 2.05) is 7.05 Å². The first-order chi connectivity index (χ1) is 9.17. The van der Waals surface area contributed by atoms with Gasteiger partial charge in [-0.05, 0) is 63.3 Å². The fourth-order valence-electron chi connectivity index (χ4n) is 2.02. The maximum atomic E-state index is 5.77. The molecule has 0 aliphatic carbocycles. The molecule has 108 valence electrons. The molecule has 2 atom stereocenters. The van der Waals surface area contributed by atoms with E-state index in [1.54, 1.807) is 0 Å². The Morgan fingerprint density at radius 1 is 1.11 bits per heavy atom. The maximum absolute atomic E-state index is 5.77. The molecule has 0 bridgehead atoms. The standard InChI is InChI=1S/C17H29NO/c1-5-14(2)16-9-11-17(12-10-16)19-13-7-6-8-15(3)18-4/h9-12,14-15,18H,5-8,13H2,1-4H3. The van der Waals surface area contributed by atoms with E-state index < -0.39 is 0 Å². The van der Waals surface area contributed by atoms with Gasteiger partial charge in [-0.25, -0.2) is 0 Å². The molecule has 1 aromatic rings. The highest BCUT2D eigenvalue weighted by atomic mass is 16.5. The highest BCUT2D eigenvalue weighted by molar-refractivity contribution is 5.29. The highest BCUT2D eigenvalue weighted by Crippen LogP contribution is 2.21. The Balaban J connectivity index is 2.23. The third kappa shape index (κ3) is 6.11. The zero-order chi connectivity index (χ0) is 14.1. The van der Waals surface area contributed by atoms with E-state index in [1.165, 1.54) is 24.8 Å². The van der Waals surface area contributed by atoms with Crippen molar-refractivity contribution in [2.75, 3.05) is 13.7 Å². The van der Waals surface area contributed by atoms with Crippen LogP contribution < -0.4 is 10.1 Å². The normalized spacial score (nSPS) is 14.1. The van der Waals surface area contributed by atoms with E-state index >= 15 is 0 Å². The molecular formula is C17H29NO. The Kier molecular flexibility index (Phi) is 7.57. The summed E-state index contributed by atoms with van der Waals surface area (Å²) in [5.41, 5.74) is 1.40. The number of unbranched alkanes of at least 4 members (excludes halogenated alkanes) is 1. The maximum Gasteiger partial charge on any atom is 0.119 e. The number of nitrogens with one attached hydrogen (secondary N) is 1. The number of benzene rings is 1. The molecule has 0 saturated heterocycles. The Morgan fingerprint density at radius 3 is 2.37 bits per heavy atom. The van der Waals surface area contributed by atoms with Crippen molar-refractivity contribution < 1.29 is 4.74 Å². The minimum atomic E-state index is 0.606. The number of rotatable bonds is 9. The van der Waals surface area contributed by atoms with Crippen LogP contribution in [0.15, 0.2) is 24.3 Å². The van der Waals surface area contributed by atoms with Crippen molar-refractivity contribution in [3.63, 3.8) is 0 Å². The van der Waals surface area contributed by atoms with Crippen LogP contribution in [0.5, 0.6) is 5.75 Å². The molecule has 0 amide bonds. The van der Waals surface area contributed by atoms with Crippen LogP contribution >= 0.6 is 0 Å². The van der Waals surface area contributed by atoms with Gasteiger partial charge in [0.15, 0.2) is 0 Å². The molecule has 1 rings (SSSR count). The third-order valence-electron chi connectivity index (χ3n) is 3.85. The Bertz CT molecular complexity index is 334. The minimum Gasteiger partial charge on any atom is -0.494 e. The molecule has 2 nitrogen and oxygen atoms in total. The van der Waals surface area contributed by atoms with Crippen molar-refractivity contribution >= 4 is 0 Å². The van der Waals surface area contributed by atoms with Crippen molar-refractivity contribution in [1.29, 1.82) is 0 Å². The van der Waals surface area contributed by atoms with Gasteiger partial charge in [0, 0.05) is 6.04 Å². The number of hydrogen-bond donors (Lipinski definition) is 1. The molecule has 2 unspecified atom stereocenters. The van der Waals surface area contributed by atoms with Crippen molar-refractivity contribution in [2.45, 2.75) is 58.4 Å². The molecule has 0 spiro atoms. The van der Waals surface area contributed by atoms with E-state index in [2.05, 4.69) is 50.4 Å². The highest BCUT2D eigenvalue weighted by Gasteiger charge is 2.03. The van der Waals surface area contributed by atoms with Gasteiger partial charge < -0.3 is 10.1 Å². The smallest absolute Gasteiger partial charge is 0.119 e. The van der Waals surface area contributed by atoms with Crippen LogP contribution in [0.2, 0.25) is 0 Å². The van der Waals surface area contributed by atoms with Gasteiger partial charge >= 0.3 is 0 Å². The summed E-state index contributed by atoms with van der Waals surface area (Å²) in [7, 11) is 2.01. The number of hydrogen-bond acceptors (Lipinski definition) is 2. The Morgan fingerprint density at radius 2 is 1.79 bits per heavy atom. The van der Waals surface area contributed by atoms with Gasteiger partial charge in [0.2, 0.25) is 0 Å². The summed E-state index contributed by atoms with van der Waals surface area (Å²) in [6.45, 7) is 7.52. The molecular weight excluding hydrogens is 234 g/mol. The van der Waals surface area contributed by atoms with Gasteiger partial charge in [0.25, 0.3) is 0 Å². The second-order valence-electron chi connectivity index (χ2n) is 5.41. The van der Waals surface area contributed by atoms with Crippen molar-refractivity contribution in [1.82, 2.24) is 5.32 Å². The van der Waals surface area contributed by atoms with Crippen LogP contribution in [-0.4, -0.2) is 19.7 Å². The summed E-state index contributed by atoms with van der Waals surface area (Å²) >= 11 is 0. The Hall–Kier alpha value is -1.02. The molecule has 0 saturated carbocycles. The average Bonchev–Trinajstić information content (AvgIpc) is 2.46. The lowest BCUT2D eigenvalue weighted by molar-refractivity contribution is 0.302. The molecule has 19 heavy (non-hydrogen) atoms. The summed E-state index contributed by atoms with van der Waals surface area (Å²) in [5, 5.41) is 3.25. The van der Waals surface area contributed by atoms with Crippen LogP contribution in [0, 0.1) is 0 Å². The van der Waals surface area contributed by atoms with Crippen LogP contribution in [0.25, 0.3) is 0 Å². The van der Waals surface area contributed by atoms with Crippen LogP contribution in [0.4, 0.5) is 0 Å². The van der Waals surface area contributed by atoms with Gasteiger partial charge in [0.05, 0.1) is 6.61 Å². The zero-order valence-corrected chi connectivity index (χ0v) is 12.9. The summed E-state index contributed by atoms with van der Waals surface area (Å²) in [6, 6.07) is 9.17. The average molecular weight is 263 g/mol. The first kappa shape index (κ1) is 16.0. The summed E-state index contributed by atoms with van der Waals surface area (Å²) in [5.74, 6) is 1.63. The topological polar surface area (TPSA) is 21.3 Å². The SMILES string of the molecule is CCC(C)c1ccc(OCCCCC(C)NC)cc1. The predicted octanol–water partition coefficient (Wildman–Crippen LogP) is 4.36. The largest absolute Gasteiger partial charge is 0.494 e. The quantitative estimate of drug-likeness (QED) is 0.668. The molecule has 0 fully saturated rings.